The number of hydrogen-bond donors (Lipinski definition) is 0. The fourth-order valence-corrected chi connectivity index (χ4v) is 5.38. The highest BCUT2D eigenvalue weighted by Crippen LogP contribution is 2.46. The molecule has 0 unspecified atom stereocenters. The Hall–Kier alpha value is -3.23. The number of benzene rings is 3. The van der Waals surface area contributed by atoms with Crippen LogP contribution in [0.5, 0.6) is 0 Å². The van der Waals surface area contributed by atoms with E-state index in [2.05, 4.69) is 39.7 Å². The van der Waals surface area contributed by atoms with Gasteiger partial charge in [-0.25, -0.2) is 5.01 Å². The van der Waals surface area contributed by atoms with Gasteiger partial charge in [-0.3, -0.25) is 14.6 Å². The summed E-state index contributed by atoms with van der Waals surface area (Å²) in [6, 6.07) is 27.3. The number of Topliss-reactive ketones (excluding diaryl/α,β-unsaturated/α-hetero) is 1. The summed E-state index contributed by atoms with van der Waals surface area (Å²) in [6.07, 6.45) is 4.07. The van der Waals surface area contributed by atoms with Gasteiger partial charge in [0.25, 0.3) is 5.91 Å². The van der Waals surface area contributed by atoms with Crippen LogP contribution in [0.3, 0.4) is 0 Å². The minimum absolute atomic E-state index is 0.0256. The van der Waals surface area contributed by atoms with Gasteiger partial charge in [-0.1, -0.05) is 60.7 Å². The van der Waals surface area contributed by atoms with Crippen molar-refractivity contribution in [1.29, 1.82) is 0 Å². The van der Waals surface area contributed by atoms with Crippen LogP contribution in [0.15, 0.2) is 102 Å². The number of furan rings is 1. The Morgan fingerprint density at radius 2 is 1.66 bits per heavy atom. The van der Waals surface area contributed by atoms with E-state index < -0.39 is 0 Å². The Labute approximate surface area is 218 Å². The molecule has 0 N–H and O–H groups in total. The molecule has 0 radical (unpaired) electrons. The molecule has 1 fully saturated rings. The number of hydrogen-bond acceptors (Lipinski definition) is 4. The van der Waals surface area contributed by atoms with E-state index in [4.69, 9.17) is 4.42 Å². The molecule has 0 bridgehead atoms. The molecule has 5 nitrogen and oxygen atoms in total. The summed E-state index contributed by atoms with van der Waals surface area (Å²) >= 11 is 2.22. The maximum absolute atomic E-state index is 14.1. The van der Waals surface area contributed by atoms with Crippen LogP contribution < -0.4 is 0 Å². The maximum Gasteiger partial charge on any atom is 0.269 e. The predicted molar refractivity (Wildman–Crippen MR) is 143 cm³/mol. The van der Waals surface area contributed by atoms with Crippen molar-refractivity contribution in [3.63, 3.8) is 0 Å². The van der Waals surface area contributed by atoms with Crippen LogP contribution in [-0.4, -0.2) is 21.7 Å². The number of halogens is 1. The third-order valence-corrected chi connectivity index (χ3v) is 7.42. The van der Waals surface area contributed by atoms with E-state index in [0.717, 1.165) is 20.3 Å². The largest absolute Gasteiger partial charge is 0.472 e. The fourth-order valence-electron chi connectivity index (χ4n) is 4.76. The van der Waals surface area contributed by atoms with Gasteiger partial charge in [0.1, 0.15) is 0 Å². The molecule has 1 aromatic heterocycles. The molecule has 2 atom stereocenters. The van der Waals surface area contributed by atoms with Crippen molar-refractivity contribution in [3.05, 3.63) is 129 Å². The van der Waals surface area contributed by atoms with E-state index in [1.807, 2.05) is 77.8 Å². The lowest BCUT2D eigenvalue weighted by atomic mass is 9.95. The Kier molecular flexibility index (Phi) is 6.83. The van der Waals surface area contributed by atoms with Crippen LogP contribution in [0.1, 0.15) is 62.8 Å². The first-order chi connectivity index (χ1) is 17.0. The van der Waals surface area contributed by atoms with Gasteiger partial charge in [0.2, 0.25) is 0 Å². The second-order valence-corrected chi connectivity index (χ2v) is 9.88. The standard InChI is InChI=1S/C29H25IN2O3/c1-20(33)23-10-7-11-24(16-23)27-17-28(22-8-3-2-4-9-22)32(31(27)18-21-14-15-35-19-21)29(34)25-12-5-6-13-26(25)30/h2-16,19,27-28H,17-18H2,1H3/t27-,28-/m0/s1. The Morgan fingerprint density at radius 1 is 0.914 bits per heavy atom. The van der Waals surface area contributed by atoms with Gasteiger partial charge in [0.05, 0.1) is 30.2 Å². The molecule has 0 aliphatic carbocycles. The van der Waals surface area contributed by atoms with Gasteiger partial charge in [0.15, 0.2) is 5.78 Å². The lowest BCUT2D eigenvalue weighted by Gasteiger charge is -2.35. The molecule has 1 aliphatic rings. The summed E-state index contributed by atoms with van der Waals surface area (Å²) in [4.78, 5) is 26.3. The van der Waals surface area contributed by atoms with Crippen molar-refractivity contribution in [1.82, 2.24) is 10.0 Å². The second-order valence-electron chi connectivity index (χ2n) is 8.72. The number of nitrogens with zero attached hydrogens (tertiary/aromatic N) is 2. The number of ketones is 1. The molecule has 0 spiro atoms. The minimum Gasteiger partial charge on any atom is -0.472 e. The van der Waals surface area contributed by atoms with Gasteiger partial charge >= 0.3 is 0 Å². The summed E-state index contributed by atoms with van der Waals surface area (Å²) in [5, 5.41) is 4.04. The van der Waals surface area contributed by atoms with Crippen molar-refractivity contribution < 1.29 is 14.0 Å². The highest BCUT2D eigenvalue weighted by atomic mass is 127. The van der Waals surface area contributed by atoms with E-state index in [9.17, 15) is 9.59 Å². The zero-order chi connectivity index (χ0) is 24.4. The molecule has 1 aliphatic heterocycles. The minimum atomic E-state index is -0.155. The summed E-state index contributed by atoms with van der Waals surface area (Å²) in [5.41, 5.74) is 4.41. The molecule has 0 saturated carbocycles. The fraction of sp³-hybridized carbons (Fsp3) is 0.172. The molecular formula is C29H25IN2O3. The van der Waals surface area contributed by atoms with E-state index >= 15 is 0 Å². The lowest BCUT2D eigenvalue weighted by molar-refractivity contribution is -0.0187. The molecular weight excluding hydrogens is 551 g/mol. The normalized spacial score (nSPS) is 18.1. The van der Waals surface area contributed by atoms with Crippen LogP contribution >= 0.6 is 22.6 Å². The van der Waals surface area contributed by atoms with Crippen molar-refractivity contribution in [2.45, 2.75) is 32.0 Å². The van der Waals surface area contributed by atoms with E-state index in [-0.39, 0.29) is 23.8 Å². The molecule has 5 rings (SSSR count). The maximum atomic E-state index is 14.1. The SMILES string of the molecule is CC(=O)c1cccc([C@@H]2C[C@@H](c3ccccc3)N(C(=O)c3ccccc3I)N2Cc2ccoc2)c1. The number of carbonyl (C=O) groups excluding carboxylic acids is 2. The average Bonchev–Trinajstić information content (AvgIpc) is 3.53. The van der Waals surface area contributed by atoms with Crippen molar-refractivity contribution in [2.75, 3.05) is 0 Å². The van der Waals surface area contributed by atoms with Crippen LogP contribution in [0, 0.1) is 3.57 Å². The highest BCUT2D eigenvalue weighted by Gasteiger charge is 2.44. The average molecular weight is 576 g/mol. The van der Waals surface area contributed by atoms with Gasteiger partial charge in [-0.05, 0) is 71.3 Å². The van der Waals surface area contributed by atoms with E-state index in [1.54, 1.807) is 19.5 Å². The van der Waals surface area contributed by atoms with Gasteiger partial charge in [0, 0.05) is 21.2 Å². The van der Waals surface area contributed by atoms with Crippen molar-refractivity contribution >= 4 is 34.3 Å². The lowest BCUT2D eigenvalue weighted by Crippen LogP contribution is -2.43. The van der Waals surface area contributed by atoms with E-state index in [1.165, 1.54) is 0 Å². The Balaban J connectivity index is 1.64. The topological polar surface area (TPSA) is 53.8 Å². The zero-order valence-electron chi connectivity index (χ0n) is 19.3. The summed E-state index contributed by atoms with van der Waals surface area (Å²) in [5.74, 6) is -0.0183. The summed E-state index contributed by atoms with van der Waals surface area (Å²) in [6.45, 7) is 2.08. The summed E-state index contributed by atoms with van der Waals surface area (Å²) in [7, 11) is 0. The Bertz CT molecular complexity index is 1340. The number of amides is 1. The molecule has 2 heterocycles. The number of hydrazine groups is 1. The second kappa shape index (κ2) is 10.2. The first kappa shape index (κ1) is 23.5. The number of rotatable bonds is 6. The van der Waals surface area contributed by atoms with Crippen molar-refractivity contribution in [3.8, 4) is 0 Å². The molecule has 3 aromatic carbocycles. The Morgan fingerprint density at radius 3 is 2.37 bits per heavy atom. The monoisotopic (exact) mass is 576 g/mol. The van der Waals surface area contributed by atoms with Crippen LogP contribution in [0.4, 0.5) is 0 Å². The van der Waals surface area contributed by atoms with Crippen molar-refractivity contribution in [2.24, 2.45) is 0 Å². The summed E-state index contributed by atoms with van der Waals surface area (Å²) < 4.78 is 6.26. The highest BCUT2D eigenvalue weighted by molar-refractivity contribution is 14.1. The zero-order valence-corrected chi connectivity index (χ0v) is 21.5. The smallest absolute Gasteiger partial charge is 0.269 e. The molecule has 6 heteroatoms. The van der Waals surface area contributed by atoms with Crippen LogP contribution in [-0.2, 0) is 6.54 Å². The number of carbonyl (C=O) groups is 2. The molecule has 1 amide bonds. The quantitative estimate of drug-likeness (QED) is 0.187. The molecule has 35 heavy (non-hydrogen) atoms. The van der Waals surface area contributed by atoms with E-state index in [0.29, 0.717) is 24.1 Å². The van der Waals surface area contributed by atoms with Crippen LogP contribution in [0.25, 0.3) is 0 Å². The molecule has 1 saturated heterocycles. The van der Waals surface area contributed by atoms with Gasteiger partial charge < -0.3 is 4.42 Å². The third-order valence-electron chi connectivity index (χ3n) is 6.48. The molecule has 176 valence electrons. The third kappa shape index (κ3) is 4.81. The first-order valence-electron chi connectivity index (χ1n) is 11.5. The first-order valence-corrected chi connectivity index (χ1v) is 12.6. The predicted octanol–water partition coefficient (Wildman–Crippen LogP) is 6.83. The van der Waals surface area contributed by atoms with Gasteiger partial charge in [-0.15, -0.1) is 0 Å². The molecule has 4 aromatic rings. The van der Waals surface area contributed by atoms with Gasteiger partial charge in [-0.2, -0.15) is 0 Å². The van der Waals surface area contributed by atoms with Crippen LogP contribution in [0.2, 0.25) is 0 Å².